The fourth-order valence-electron chi connectivity index (χ4n) is 1.58. The van der Waals surface area contributed by atoms with Gasteiger partial charge in [0.05, 0.1) is 13.2 Å². The standard InChI is InChI=1S/C12H16N4O/c1-8-14-12(15-16(8)2)11(13)9-4-6-10(17-3)7-5-9/h4-7,11H,13H2,1-3H3/t11-/m0/s1. The van der Waals surface area contributed by atoms with E-state index in [1.54, 1.807) is 11.8 Å². The molecule has 2 N–H and O–H groups in total. The molecule has 0 aliphatic carbocycles. The van der Waals surface area contributed by atoms with Gasteiger partial charge in [0.25, 0.3) is 0 Å². The highest BCUT2D eigenvalue weighted by molar-refractivity contribution is 5.31. The molecular formula is C12H16N4O. The lowest BCUT2D eigenvalue weighted by Gasteiger charge is -2.08. The number of methoxy groups -OCH3 is 1. The minimum absolute atomic E-state index is 0.305. The average molecular weight is 232 g/mol. The van der Waals surface area contributed by atoms with Crippen molar-refractivity contribution in [2.45, 2.75) is 13.0 Å². The number of benzene rings is 1. The van der Waals surface area contributed by atoms with Gasteiger partial charge >= 0.3 is 0 Å². The fourth-order valence-corrected chi connectivity index (χ4v) is 1.58. The Kier molecular flexibility index (Phi) is 3.10. The molecule has 0 aliphatic rings. The number of aryl methyl sites for hydroxylation is 2. The van der Waals surface area contributed by atoms with Gasteiger partial charge < -0.3 is 10.5 Å². The van der Waals surface area contributed by atoms with E-state index >= 15 is 0 Å². The summed E-state index contributed by atoms with van der Waals surface area (Å²) in [6.45, 7) is 1.90. The highest BCUT2D eigenvalue weighted by Crippen LogP contribution is 2.19. The molecule has 0 bridgehead atoms. The van der Waals surface area contributed by atoms with Gasteiger partial charge in [0, 0.05) is 7.05 Å². The summed E-state index contributed by atoms with van der Waals surface area (Å²) in [4.78, 5) is 4.32. The van der Waals surface area contributed by atoms with Gasteiger partial charge in [0.15, 0.2) is 5.82 Å². The van der Waals surface area contributed by atoms with Gasteiger partial charge in [-0.3, -0.25) is 4.68 Å². The van der Waals surface area contributed by atoms with Gasteiger partial charge in [-0.15, -0.1) is 0 Å². The Labute approximate surface area is 100 Å². The summed E-state index contributed by atoms with van der Waals surface area (Å²) in [5.41, 5.74) is 7.08. The topological polar surface area (TPSA) is 66.0 Å². The Hall–Kier alpha value is -1.88. The van der Waals surface area contributed by atoms with E-state index in [0.29, 0.717) is 5.82 Å². The summed E-state index contributed by atoms with van der Waals surface area (Å²) in [5, 5.41) is 4.28. The second kappa shape index (κ2) is 4.55. The van der Waals surface area contributed by atoms with Crippen molar-refractivity contribution in [1.29, 1.82) is 0 Å². The molecule has 0 saturated carbocycles. The first-order valence-electron chi connectivity index (χ1n) is 5.39. The van der Waals surface area contributed by atoms with E-state index in [1.165, 1.54) is 0 Å². The molecule has 17 heavy (non-hydrogen) atoms. The molecule has 5 heteroatoms. The molecule has 0 fully saturated rings. The molecule has 0 unspecified atom stereocenters. The van der Waals surface area contributed by atoms with Crippen molar-refractivity contribution in [3.63, 3.8) is 0 Å². The third kappa shape index (κ3) is 2.29. The Morgan fingerprint density at radius 3 is 2.41 bits per heavy atom. The average Bonchev–Trinajstić information content (AvgIpc) is 2.69. The second-order valence-corrected chi connectivity index (χ2v) is 3.89. The summed E-state index contributed by atoms with van der Waals surface area (Å²) >= 11 is 0. The van der Waals surface area contributed by atoms with Crippen LogP contribution in [0.2, 0.25) is 0 Å². The molecule has 90 valence electrons. The zero-order valence-electron chi connectivity index (χ0n) is 10.2. The number of aromatic nitrogens is 3. The summed E-state index contributed by atoms with van der Waals surface area (Å²) in [6, 6.07) is 7.31. The van der Waals surface area contributed by atoms with Gasteiger partial charge in [-0.2, -0.15) is 5.10 Å². The quantitative estimate of drug-likeness (QED) is 0.863. The van der Waals surface area contributed by atoms with Gasteiger partial charge in [0.2, 0.25) is 0 Å². The predicted molar refractivity (Wildman–Crippen MR) is 64.8 cm³/mol. The molecule has 2 aromatic rings. The smallest absolute Gasteiger partial charge is 0.172 e. The maximum Gasteiger partial charge on any atom is 0.172 e. The van der Waals surface area contributed by atoms with E-state index < -0.39 is 0 Å². The lowest BCUT2D eigenvalue weighted by molar-refractivity contribution is 0.414. The summed E-state index contributed by atoms with van der Waals surface area (Å²) in [6.07, 6.45) is 0. The van der Waals surface area contributed by atoms with Gasteiger partial charge in [-0.05, 0) is 24.6 Å². The van der Waals surface area contributed by atoms with E-state index in [1.807, 2.05) is 38.2 Å². The summed E-state index contributed by atoms with van der Waals surface area (Å²) < 4.78 is 6.82. The van der Waals surface area contributed by atoms with Crippen LogP contribution in [0.25, 0.3) is 0 Å². The second-order valence-electron chi connectivity index (χ2n) is 3.89. The Bertz CT molecular complexity index is 484. The molecule has 1 heterocycles. The molecule has 0 spiro atoms. The Morgan fingerprint density at radius 2 is 1.94 bits per heavy atom. The maximum absolute atomic E-state index is 6.11. The zero-order valence-corrected chi connectivity index (χ0v) is 10.2. The van der Waals surface area contributed by atoms with Gasteiger partial charge in [-0.1, -0.05) is 12.1 Å². The van der Waals surface area contributed by atoms with Crippen molar-refractivity contribution >= 4 is 0 Å². The van der Waals surface area contributed by atoms with E-state index in [4.69, 9.17) is 10.5 Å². The monoisotopic (exact) mass is 232 g/mol. The number of hydrogen-bond donors (Lipinski definition) is 1. The van der Waals surface area contributed by atoms with Crippen LogP contribution in [-0.4, -0.2) is 21.9 Å². The van der Waals surface area contributed by atoms with Crippen molar-refractivity contribution in [2.24, 2.45) is 12.8 Å². The molecule has 0 aliphatic heterocycles. The first kappa shape index (κ1) is 11.6. The van der Waals surface area contributed by atoms with Crippen molar-refractivity contribution in [3.8, 4) is 5.75 Å². The largest absolute Gasteiger partial charge is 0.497 e. The normalized spacial score (nSPS) is 12.5. The van der Waals surface area contributed by atoms with Crippen molar-refractivity contribution < 1.29 is 4.74 Å². The molecule has 0 amide bonds. The molecule has 2 rings (SSSR count). The molecular weight excluding hydrogens is 216 g/mol. The van der Waals surface area contributed by atoms with E-state index in [0.717, 1.165) is 17.1 Å². The van der Waals surface area contributed by atoms with Crippen LogP contribution in [0.5, 0.6) is 5.75 Å². The van der Waals surface area contributed by atoms with Crippen LogP contribution in [0.1, 0.15) is 23.3 Å². The number of nitrogens with zero attached hydrogens (tertiary/aromatic N) is 3. The molecule has 1 aromatic heterocycles. The van der Waals surface area contributed by atoms with Crippen LogP contribution < -0.4 is 10.5 Å². The molecule has 1 atom stereocenters. The first-order chi connectivity index (χ1) is 8.11. The summed E-state index contributed by atoms with van der Waals surface area (Å²) in [7, 11) is 3.49. The third-order valence-corrected chi connectivity index (χ3v) is 2.75. The molecule has 0 radical (unpaired) electrons. The van der Waals surface area contributed by atoms with Crippen LogP contribution in [0.15, 0.2) is 24.3 Å². The first-order valence-corrected chi connectivity index (χ1v) is 5.39. The number of nitrogens with two attached hydrogens (primary N) is 1. The van der Waals surface area contributed by atoms with Crippen molar-refractivity contribution in [1.82, 2.24) is 14.8 Å². The van der Waals surface area contributed by atoms with E-state index in [2.05, 4.69) is 10.1 Å². The minimum Gasteiger partial charge on any atom is -0.497 e. The molecule has 0 saturated heterocycles. The molecule has 5 nitrogen and oxygen atoms in total. The Balaban J connectivity index is 2.26. The van der Waals surface area contributed by atoms with Gasteiger partial charge in [0.1, 0.15) is 11.6 Å². The van der Waals surface area contributed by atoms with Gasteiger partial charge in [-0.25, -0.2) is 4.98 Å². The number of hydrogen-bond acceptors (Lipinski definition) is 4. The molecule has 1 aromatic carbocycles. The summed E-state index contributed by atoms with van der Waals surface area (Å²) in [5.74, 6) is 2.30. The van der Waals surface area contributed by atoms with Crippen LogP contribution in [-0.2, 0) is 7.05 Å². The van der Waals surface area contributed by atoms with Crippen molar-refractivity contribution in [3.05, 3.63) is 41.5 Å². The predicted octanol–water partition coefficient (Wildman–Crippen LogP) is 1.18. The van der Waals surface area contributed by atoms with E-state index in [9.17, 15) is 0 Å². The Morgan fingerprint density at radius 1 is 1.29 bits per heavy atom. The van der Waals surface area contributed by atoms with Crippen LogP contribution >= 0.6 is 0 Å². The van der Waals surface area contributed by atoms with Crippen LogP contribution in [0.3, 0.4) is 0 Å². The number of rotatable bonds is 3. The highest BCUT2D eigenvalue weighted by atomic mass is 16.5. The fraction of sp³-hybridized carbons (Fsp3) is 0.333. The maximum atomic E-state index is 6.11. The van der Waals surface area contributed by atoms with Crippen molar-refractivity contribution in [2.75, 3.05) is 7.11 Å². The lowest BCUT2D eigenvalue weighted by Crippen LogP contribution is -2.14. The lowest BCUT2D eigenvalue weighted by atomic mass is 10.1. The van der Waals surface area contributed by atoms with Crippen LogP contribution in [0, 0.1) is 6.92 Å². The number of ether oxygens (including phenoxy) is 1. The SMILES string of the molecule is COc1ccc([C@H](N)c2nc(C)n(C)n2)cc1. The zero-order chi connectivity index (χ0) is 12.4. The minimum atomic E-state index is -0.305. The third-order valence-electron chi connectivity index (χ3n) is 2.75. The van der Waals surface area contributed by atoms with E-state index in [-0.39, 0.29) is 6.04 Å². The highest BCUT2D eigenvalue weighted by Gasteiger charge is 2.14. The van der Waals surface area contributed by atoms with Crippen LogP contribution in [0.4, 0.5) is 0 Å².